The van der Waals surface area contributed by atoms with E-state index in [4.69, 9.17) is 4.98 Å². The monoisotopic (exact) mass is 305 g/mol. The summed E-state index contributed by atoms with van der Waals surface area (Å²) in [7, 11) is 4.22. The number of aryl methyl sites for hydroxylation is 2. The van der Waals surface area contributed by atoms with E-state index in [0.717, 1.165) is 31.4 Å². The van der Waals surface area contributed by atoms with Crippen LogP contribution in [0.4, 0.5) is 5.69 Å². The van der Waals surface area contributed by atoms with Crippen LogP contribution >= 0.6 is 12.4 Å². The Kier molecular flexibility index (Phi) is 5.07. The van der Waals surface area contributed by atoms with Gasteiger partial charge in [-0.25, -0.2) is 0 Å². The predicted molar refractivity (Wildman–Crippen MR) is 92.8 cm³/mol. The van der Waals surface area contributed by atoms with Crippen LogP contribution in [0.25, 0.3) is 10.9 Å². The molecule has 1 aromatic heterocycles. The van der Waals surface area contributed by atoms with Crippen LogP contribution in [0, 0.1) is 6.92 Å². The van der Waals surface area contributed by atoms with Crippen LogP contribution in [-0.2, 0) is 12.8 Å². The SMILES string of the molecule is Cc1ccc2nc3c(c(NCCN(C)C)c2c1)CCC3.Cl. The second-order valence-electron chi connectivity index (χ2n) is 6.02. The van der Waals surface area contributed by atoms with Gasteiger partial charge in [0.15, 0.2) is 0 Å². The quantitative estimate of drug-likeness (QED) is 0.938. The molecule has 0 amide bonds. The Morgan fingerprint density at radius 3 is 2.81 bits per heavy atom. The molecule has 114 valence electrons. The fourth-order valence-corrected chi connectivity index (χ4v) is 2.98. The van der Waals surface area contributed by atoms with Gasteiger partial charge in [0, 0.05) is 29.9 Å². The average molecular weight is 306 g/mol. The number of pyridine rings is 1. The Bertz CT molecular complexity index is 637. The standard InChI is InChI=1S/C17H23N3.ClH/c1-12-7-8-16-14(11-12)17(18-9-10-20(2)3)13-5-4-6-15(13)19-16;/h7-8,11H,4-6,9-10H2,1-3H3,(H,18,19);1H. The van der Waals surface area contributed by atoms with Gasteiger partial charge in [0.05, 0.1) is 5.52 Å². The lowest BCUT2D eigenvalue weighted by Gasteiger charge is -2.17. The van der Waals surface area contributed by atoms with E-state index in [1.807, 2.05) is 0 Å². The van der Waals surface area contributed by atoms with Crippen molar-refractivity contribution in [2.75, 3.05) is 32.5 Å². The number of nitrogens with zero attached hydrogens (tertiary/aromatic N) is 2. The first-order valence-corrected chi connectivity index (χ1v) is 7.46. The van der Waals surface area contributed by atoms with Gasteiger partial charge < -0.3 is 10.2 Å². The molecule has 0 aliphatic heterocycles. The zero-order valence-electron chi connectivity index (χ0n) is 13.1. The molecule has 2 aromatic rings. The molecule has 4 heteroatoms. The number of likely N-dealkylation sites (N-methyl/N-ethyl adjacent to an activating group) is 1. The molecule has 3 rings (SSSR count). The maximum Gasteiger partial charge on any atom is 0.0726 e. The Morgan fingerprint density at radius 1 is 1.24 bits per heavy atom. The number of fused-ring (bicyclic) bond motifs is 2. The van der Waals surface area contributed by atoms with Crippen LogP contribution in [0.2, 0.25) is 0 Å². The Labute approximate surface area is 133 Å². The summed E-state index contributed by atoms with van der Waals surface area (Å²) >= 11 is 0. The van der Waals surface area contributed by atoms with E-state index in [9.17, 15) is 0 Å². The fourth-order valence-electron chi connectivity index (χ4n) is 2.98. The Hall–Kier alpha value is -1.32. The van der Waals surface area contributed by atoms with E-state index >= 15 is 0 Å². The number of nitrogens with one attached hydrogen (secondary N) is 1. The lowest BCUT2D eigenvalue weighted by atomic mass is 10.0. The molecule has 0 saturated carbocycles. The molecular weight excluding hydrogens is 282 g/mol. The van der Waals surface area contributed by atoms with Gasteiger partial charge in [-0.15, -0.1) is 12.4 Å². The molecule has 0 atom stereocenters. The number of benzene rings is 1. The average Bonchev–Trinajstić information content (AvgIpc) is 2.86. The van der Waals surface area contributed by atoms with E-state index in [1.54, 1.807) is 0 Å². The molecule has 1 heterocycles. The largest absolute Gasteiger partial charge is 0.383 e. The molecule has 0 unspecified atom stereocenters. The summed E-state index contributed by atoms with van der Waals surface area (Å²) in [6.07, 6.45) is 3.53. The van der Waals surface area contributed by atoms with Crippen molar-refractivity contribution in [3.8, 4) is 0 Å². The lowest BCUT2D eigenvalue weighted by Crippen LogP contribution is -2.21. The second-order valence-corrected chi connectivity index (χ2v) is 6.02. The van der Waals surface area contributed by atoms with Gasteiger partial charge in [-0.05, 0) is 58.0 Å². The number of halogens is 1. The predicted octanol–water partition coefficient (Wildman–Crippen LogP) is 3.43. The fraction of sp³-hybridized carbons (Fsp3) is 0.471. The number of aromatic nitrogens is 1. The zero-order valence-corrected chi connectivity index (χ0v) is 13.9. The second kappa shape index (κ2) is 6.63. The first kappa shape index (κ1) is 16.1. The smallest absolute Gasteiger partial charge is 0.0726 e. The summed E-state index contributed by atoms with van der Waals surface area (Å²) in [5.41, 5.74) is 6.50. The van der Waals surface area contributed by atoms with Crippen LogP contribution in [0.3, 0.4) is 0 Å². The van der Waals surface area contributed by atoms with Crippen molar-refractivity contribution in [1.82, 2.24) is 9.88 Å². The van der Waals surface area contributed by atoms with Crippen molar-refractivity contribution in [3.63, 3.8) is 0 Å². The molecule has 0 saturated heterocycles. The van der Waals surface area contributed by atoms with Crippen LogP contribution in [-0.4, -0.2) is 37.1 Å². The van der Waals surface area contributed by atoms with Crippen molar-refractivity contribution >= 4 is 29.0 Å². The van der Waals surface area contributed by atoms with Gasteiger partial charge in [0.25, 0.3) is 0 Å². The van der Waals surface area contributed by atoms with E-state index in [2.05, 4.69) is 49.4 Å². The summed E-state index contributed by atoms with van der Waals surface area (Å²) in [6.45, 7) is 4.17. The van der Waals surface area contributed by atoms with E-state index in [1.165, 1.54) is 34.3 Å². The molecule has 3 nitrogen and oxygen atoms in total. The van der Waals surface area contributed by atoms with Crippen LogP contribution in [0.15, 0.2) is 18.2 Å². The van der Waals surface area contributed by atoms with Crippen molar-refractivity contribution in [2.45, 2.75) is 26.2 Å². The van der Waals surface area contributed by atoms with Crippen LogP contribution in [0.5, 0.6) is 0 Å². The van der Waals surface area contributed by atoms with Crippen LogP contribution < -0.4 is 5.32 Å². The highest BCUT2D eigenvalue weighted by Gasteiger charge is 2.19. The van der Waals surface area contributed by atoms with Crippen molar-refractivity contribution in [3.05, 3.63) is 35.0 Å². The molecule has 0 radical (unpaired) electrons. The maximum atomic E-state index is 4.85. The maximum absolute atomic E-state index is 4.85. The molecule has 1 aliphatic carbocycles. The highest BCUT2D eigenvalue weighted by atomic mass is 35.5. The van der Waals surface area contributed by atoms with Gasteiger partial charge in [0.2, 0.25) is 0 Å². The normalized spacial score (nSPS) is 13.3. The summed E-state index contributed by atoms with van der Waals surface area (Å²) in [5.74, 6) is 0. The Balaban J connectivity index is 0.00000161. The minimum atomic E-state index is 0. The van der Waals surface area contributed by atoms with Crippen LogP contribution in [0.1, 0.15) is 23.2 Å². The third-order valence-electron chi connectivity index (χ3n) is 4.03. The molecule has 1 N–H and O–H groups in total. The molecule has 1 aromatic carbocycles. The zero-order chi connectivity index (χ0) is 14.1. The first-order valence-electron chi connectivity index (χ1n) is 7.46. The summed E-state index contributed by atoms with van der Waals surface area (Å²) < 4.78 is 0. The lowest BCUT2D eigenvalue weighted by molar-refractivity contribution is 0.425. The first-order chi connectivity index (χ1) is 9.65. The minimum absolute atomic E-state index is 0. The highest BCUT2D eigenvalue weighted by Crippen LogP contribution is 2.34. The summed E-state index contributed by atoms with van der Waals surface area (Å²) in [6, 6.07) is 6.57. The highest BCUT2D eigenvalue weighted by molar-refractivity contribution is 5.94. The molecule has 0 spiro atoms. The number of rotatable bonds is 4. The minimum Gasteiger partial charge on any atom is -0.383 e. The molecule has 1 aliphatic rings. The molecule has 0 fully saturated rings. The van der Waals surface area contributed by atoms with E-state index < -0.39 is 0 Å². The summed E-state index contributed by atoms with van der Waals surface area (Å²) in [4.78, 5) is 7.06. The van der Waals surface area contributed by atoms with Gasteiger partial charge >= 0.3 is 0 Å². The van der Waals surface area contributed by atoms with E-state index in [-0.39, 0.29) is 12.4 Å². The van der Waals surface area contributed by atoms with Crippen molar-refractivity contribution < 1.29 is 0 Å². The third-order valence-corrected chi connectivity index (χ3v) is 4.03. The van der Waals surface area contributed by atoms with Gasteiger partial charge in [-0.2, -0.15) is 0 Å². The Morgan fingerprint density at radius 2 is 2.05 bits per heavy atom. The number of hydrogen-bond donors (Lipinski definition) is 1. The molecular formula is C17H24ClN3. The van der Waals surface area contributed by atoms with Gasteiger partial charge in [0.1, 0.15) is 0 Å². The third kappa shape index (κ3) is 3.30. The number of hydrogen-bond acceptors (Lipinski definition) is 3. The van der Waals surface area contributed by atoms with Crippen molar-refractivity contribution in [1.29, 1.82) is 0 Å². The molecule has 21 heavy (non-hydrogen) atoms. The topological polar surface area (TPSA) is 28.2 Å². The number of anilines is 1. The molecule has 0 bridgehead atoms. The summed E-state index contributed by atoms with van der Waals surface area (Å²) in [5, 5.41) is 4.95. The van der Waals surface area contributed by atoms with Crippen molar-refractivity contribution in [2.24, 2.45) is 0 Å². The van der Waals surface area contributed by atoms with E-state index in [0.29, 0.717) is 0 Å². The van der Waals surface area contributed by atoms with Gasteiger partial charge in [-0.1, -0.05) is 11.6 Å². The van der Waals surface area contributed by atoms with Gasteiger partial charge in [-0.3, -0.25) is 4.98 Å².